The highest BCUT2D eigenvalue weighted by molar-refractivity contribution is 8.05. The number of thiazole rings is 1. The fourth-order valence-electron chi connectivity index (χ4n) is 3.05. The third-order valence-corrected chi connectivity index (χ3v) is 10.9. The third-order valence-electron chi connectivity index (χ3n) is 4.40. The first-order valence-corrected chi connectivity index (χ1v) is 16.4. The molecule has 0 radical (unpaired) electrons. The highest BCUT2D eigenvalue weighted by Gasteiger charge is 2.30. The number of anilines is 1. The number of allylic oxidation sites excluding steroid dienone is 4. The topological polar surface area (TPSA) is 122 Å². The van der Waals surface area contributed by atoms with E-state index >= 15 is 0 Å². The van der Waals surface area contributed by atoms with Crippen molar-refractivity contribution in [2.75, 3.05) is 10.8 Å². The first-order valence-electron chi connectivity index (χ1n) is 9.08. The molecule has 3 aromatic rings. The van der Waals surface area contributed by atoms with E-state index in [-0.39, 0.29) is 0 Å². The van der Waals surface area contributed by atoms with Gasteiger partial charge in [-0.05, 0) is 13.0 Å². The van der Waals surface area contributed by atoms with Crippen LogP contribution >= 0.6 is 69.0 Å². The molecule has 0 N–H and O–H groups in total. The van der Waals surface area contributed by atoms with E-state index in [4.69, 9.17) is 23.2 Å². The molecule has 16 heteroatoms. The van der Waals surface area contributed by atoms with Crippen LogP contribution < -0.4 is 9.47 Å². The maximum atomic E-state index is 11.4. The molecule has 8 nitrogen and oxygen atoms in total. The summed E-state index contributed by atoms with van der Waals surface area (Å²) >= 11 is 17.7. The summed E-state index contributed by atoms with van der Waals surface area (Å²) in [5.74, 6) is -1.48. The van der Waals surface area contributed by atoms with Crippen molar-refractivity contribution in [3.63, 3.8) is 0 Å². The lowest BCUT2D eigenvalue weighted by molar-refractivity contribution is -0.648. The Morgan fingerprint density at radius 3 is 2.50 bits per heavy atom. The fraction of sp³-hybridized carbons (Fsp3) is 0.167. The molecule has 1 aliphatic rings. The van der Waals surface area contributed by atoms with Gasteiger partial charge in [0.1, 0.15) is 21.0 Å². The van der Waals surface area contributed by atoms with Crippen LogP contribution in [-0.4, -0.2) is 31.8 Å². The van der Waals surface area contributed by atoms with Crippen LogP contribution in [0.2, 0.25) is 10.0 Å². The minimum atomic E-state index is -4.55. The van der Waals surface area contributed by atoms with Gasteiger partial charge >= 0.3 is 0 Å². The van der Waals surface area contributed by atoms with Gasteiger partial charge in [0.25, 0.3) is 10.5 Å². The Labute approximate surface area is 221 Å². The summed E-state index contributed by atoms with van der Waals surface area (Å²) in [6.07, 6.45) is 6.81. The van der Waals surface area contributed by atoms with Crippen LogP contribution in [-0.2, 0) is 26.1 Å². The average molecular weight is 617 g/mol. The molecule has 0 bridgehead atoms. The number of thiophene rings is 2. The maximum absolute atomic E-state index is 11.4. The first kappa shape index (κ1) is 26.1. The molecule has 0 spiro atoms. The molecule has 34 heavy (non-hydrogen) atoms. The lowest BCUT2D eigenvalue weighted by Crippen LogP contribution is -2.39. The van der Waals surface area contributed by atoms with Gasteiger partial charge in [0, 0.05) is 16.8 Å². The van der Waals surface area contributed by atoms with E-state index in [9.17, 15) is 25.9 Å². The molecule has 3 aromatic heterocycles. The minimum absolute atomic E-state index is 0.370. The number of halogens is 2. The van der Waals surface area contributed by atoms with E-state index in [0.717, 1.165) is 13.8 Å². The Hall–Kier alpha value is -0.940. The van der Waals surface area contributed by atoms with Crippen LogP contribution in [0.5, 0.6) is 0 Å². The van der Waals surface area contributed by atoms with Gasteiger partial charge in [-0.1, -0.05) is 64.0 Å². The van der Waals surface area contributed by atoms with E-state index in [1.807, 2.05) is 0 Å². The van der Waals surface area contributed by atoms with E-state index in [1.54, 1.807) is 42.0 Å². The predicted molar refractivity (Wildman–Crippen MR) is 138 cm³/mol. The number of nitrogens with zero attached hydrogens (tertiary/aromatic N) is 2. The van der Waals surface area contributed by atoms with Gasteiger partial charge in [-0.2, -0.15) is 4.57 Å². The Balaban J connectivity index is 1.63. The molecule has 0 aromatic carbocycles. The van der Waals surface area contributed by atoms with Crippen LogP contribution in [0.25, 0.3) is 15.6 Å². The largest absolute Gasteiger partial charge is 0.747 e. The van der Waals surface area contributed by atoms with Crippen LogP contribution in [0.15, 0.2) is 43.8 Å². The third kappa shape index (κ3) is 5.88. The van der Waals surface area contributed by atoms with Crippen molar-refractivity contribution in [1.29, 1.82) is 0 Å². The molecule has 1 aliphatic heterocycles. The molecule has 0 saturated heterocycles. The van der Waals surface area contributed by atoms with Gasteiger partial charge < -0.3 is 14.0 Å². The van der Waals surface area contributed by atoms with Crippen molar-refractivity contribution in [1.82, 2.24) is 0 Å². The van der Waals surface area contributed by atoms with Crippen LogP contribution in [0.4, 0.5) is 5.69 Å². The zero-order valence-electron chi connectivity index (χ0n) is 16.9. The van der Waals surface area contributed by atoms with Crippen molar-refractivity contribution >= 4 is 111 Å². The average Bonchev–Trinajstić information content (AvgIpc) is 3.42. The van der Waals surface area contributed by atoms with Crippen LogP contribution in [0.1, 0.15) is 11.9 Å². The van der Waals surface area contributed by atoms with Gasteiger partial charge in [0.15, 0.2) is 14.1 Å². The van der Waals surface area contributed by atoms with E-state index < -0.39 is 32.0 Å². The van der Waals surface area contributed by atoms with Crippen molar-refractivity contribution in [3.05, 3.63) is 54.6 Å². The number of hydrogen-bond donors (Lipinski definition) is 0. The number of thioether (sulfide) groups is 1. The molecule has 182 valence electrons. The smallest absolute Gasteiger partial charge is 0.264 e. The predicted octanol–water partition coefficient (Wildman–Crippen LogP) is 5.04. The zero-order valence-corrected chi connectivity index (χ0v) is 23.3. The molecular formula is C18H13Cl2N2O6S6-. The van der Waals surface area contributed by atoms with Gasteiger partial charge in [-0.25, -0.2) is 16.8 Å². The van der Waals surface area contributed by atoms with E-state index in [1.165, 1.54) is 55.2 Å². The van der Waals surface area contributed by atoms with Crippen LogP contribution in [0, 0.1) is 0 Å². The summed E-state index contributed by atoms with van der Waals surface area (Å²) in [5, 5.41) is 5.17. The Kier molecular flexibility index (Phi) is 7.56. The molecular weight excluding hydrogens is 604 g/mol. The monoisotopic (exact) mass is 615 g/mol. The van der Waals surface area contributed by atoms with Crippen LogP contribution in [0.3, 0.4) is 0 Å². The Morgan fingerprint density at radius 1 is 1.12 bits per heavy atom. The lowest BCUT2D eigenvalue weighted by Gasteiger charge is -2.21. The van der Waals surface area contributed by atoms with Gasteiger partial charge in [0.05, 0.1) is 19.9 Å². The fourth-order valence-corrected chi connectivity index (χ4v) is 9.58. The summed E-state index contributed by atoms with van der Waals surface area (Å²) < 4.78 is 71.4. The molecule has 0 aliphatic carbocycles. The van der Waals surface area contributed by atoms with E-state index in [0.29, 0.717) is 31.3 Å². The summed E-state index contributed by atoms with van der Waals surface area (Å²) in [7, 11) is -9.09. The summed E-state index contributed by atoms with van der Waals surface area (Å²) in [4.78, 5) is 1.37. The molecule has 4 rings (SSSR count). The Bertz CT molecular complexity index is 1580. The van der Waals surface area contributed by atoms with Crippen molar-refractivity contribution in [2.24, 2.45) is 0 Å². The molecule has 0 unspecified atom stereocenters. The first-order chi connectivity index (χ1) is 15.8. The maximum Gasteiger partial charge on any atom is 0.264 e. The summed E-state index contributed by atoms with van der Waals surface area (Å²) in [6.45, 7) is 1.79. The zero-order chi connectivity index (χ0) is 24.8. The summed E-state index contributed by atoms with van der Waals surface area (Å²) in [6, 6.07) is 0. The van der Waals surface area contributed by atoms with Gasteiger partial charge in [0.2, 0.25) is 5.88 Å². The van der Waals surface area contributed by atoms with Gasteiger partial charge in [-0.3, -0.25) is 0 Å². The molecule has 0 fully saturated rings. The Morgan fingerprint density at radius 2 is 1.82 bits per heavy atom. The SMILES string of the molecule is CC(/C=C\c1sc2scc(Cl)c2[n+]1CS(=O)(=O)[O-])=C/C=C1\Sc2scc(Cl)c2N1CS(=O)(=O)[O-]. The number of fused-ring (bicyclic) bond motifs is 2. The van der Waals surface area contributed by atoms with Gasteiger partial charge in [-0.15, -0.1) is 22.7 Å². The van der Waals surface area contributed by atoms with Crippen molar-refractivity contribution < 1.29 is 30.5 Å². The second-order valence-corrected chi connectivity index (χ2v) is 14.9. The molecule has 0 saturated carbocycles. The standard InChI is InChI=1S/C18H14Cl2N2O6S6/c1-10(2-4-13-21(8-33(23,24)25)15-11(19)6-29-17(15)31-13)3-5-14-22(9-34(26,27)28)16-12(20)7-30-18(16)32-14/h2-7H,8-9H2,1H3,(H-,23,24,25,26,27,28)/p-1. The number of hydrogen-bond acceptors (Lipinski definition) is 11. The highest BCUT2D eigenvalue weighted by atomic mass is 35.5. The second-order valence-electron chi connectivity index (χ2n) is 6.96. The van der Waals surface area contributed by atoms with Crippen molar-refractivity contribution in [2.45, 2.75) is 17.0 Å². The minimum Gasteiger partial charge on any atom is -0.747 e. The quantitative estimate of drug-likeness (QED) is 0.206. The molecule has 4 heterocycles. The second kappa shape index (κ2) is 9.84. The highest BCUT2D eigenvalue weighted by Crippen LogP contribution is 2.53. The lowest BCUT2D eigenvalue weighted by atomic mass is 10.2. The molecule has 0 amide bonds. The number of rotatable bonds is 7. The summed E-state index contributed by atoms with van der Waals surface area (Å²) in [5.41, 5.74) is 1.75. The van der Waals surface area contributed by atoms with Crippen molar-refractivity contribution in [3.8, 4) is 0 Å². The van der Waals surface area contributed by atoms with E-state index in [2.05, 4.69) is 0 Å². The number of aromatic nitrogens is 1. The molecule has 0 atom stereocenters. The normalized spacial score (nSPS) is 16.4.